The van der Waals surface area contributed by atoms with Crippen LogP contribution in [0.25, 0.3) is 0 Å². The van der Waals surface area contributed by atoms with Crippen LogP contribution in [0.5, 0.6) is 0 Å². The minimum absolute atomic E-state index is 0.0685. The van der Waals surface area contributed by atoms with Crippen molar-refractivity contribution in [3.63, 3.8) is 0 Å². The molecular weight excluding hydrogens is 222 g/mol. The largest absolute Gasteiger partial charge is 0.369 e. The zero-order valence-electron chi connectivity index (χ0n) is 11.2. The predicted molar refractivity (Wildman–Crippen MR) is 75.9 cm³/mol. The van der Waals surface area contributed by atoms with E-state index in [1.807, 2.05) is 0 Å². The Balaban J connectivity index is 1.93. The number of benzene rings is 1. The molecule has 1 aliphatic carbocycles. The monoisotopic (exact) mass is 243 g/mol. The minimum Gasteiger partial charge on any atom is -0.369 e. The molecule has 96 valence electrons. The van der Waals surface area contributed by atoms with E-state index in [2.05, 4.69) is 48.0 Å². The molecule has 1 aromatic carbocycles. The lowest BCUT2D eigenvalue weighted by Gasteiger charge is -2.36. The summed E-state index contributed by atoms with van der Waals surface area (Å²) >= 11 is 0. The first-order chi connectivity index (χ1) is 8.58. The van der Waals surface area contributed by atoms with Gasteiger partial charge >= 0.3 is 0 Å². The highest BCUT2D eigenvalue weighted by Gasteiger charge is 2.42. The summed E-state index contributed by atoms with van der Waals surface area (Å²) in [5, 5.41) is 0. The van der Waals surface area contributed by atoms with Crippen LogP contribution >= 0.6 is 0 Å². The zero-order valence-corrected chi connectivity index (χ0v) is 11.2. The molecule has 1 saturated carbocycles. The summed E-state index contributed by atoms with van der Waals surface area (Å²) in [5.74, 6) is 1.55. The first kappa shape index (κ1) is 11.6. The van der Waals surface area contributed by atoms with Crippen molar-refractivity contribution < 1.29 is 0 Å². The molecule has 1 atom stereocenters. The van der Waals surface area contributed by atoms with Crippen molar-refractivity contribution in [2.45, 2.75) is 38.6 Å². The Morgan fingerprint density at radius 2 is 2.22 bits per heavy atom. The van der Waals surface area contributed by atoms with E-state index in [-0.39, 0.29) is 5.54 Å². The number of hydrogen-bond donors (Lipinski definition) is 1. The van der Waals surface area contributed by atoms with Gasteiger partial charge in [0.25, 0.3) is 0 Å². The van der Waals surface area contributed by atoms with E-state index in [0.717, 1.165) is 12.5 Å². The smallest absolute Gasteiger partial charge is 0.196 e. The summed E-state index contributed by atoms with van der Waals surface area (Å²) in [7, 11) is 0. The van der Waals surface area contributed by atoms with Gasteiger partial charge in [0.15, 0.2) is 5.96 Å². The molecule has 0 saturated heterocycles. The lowest BCUT2D eigenvalue weighted by atomic mass is 9.93. The van der Waals surface area contributed by atoms with Gasteiger partial charge in [-0.15, -0.1) is 0 Å². The van der Waals surface area contributed by atoms with Gasteiger partial charge in [0, 0.05) is 5.69 Å². The maximum atomic E-state index is 6.11. The lowest BCUT2D eigenvalue weighted by Crippen LogP contribution is -2.50. The number of anilines is 1. The van der Waals surface area contributed by atoms with Crippen LogP contribution in [0.1, 0.15) is 31.7 Å². The second kappa shape index (κ2) is 4.01. The Bertz CT molecular complexity index is 490. The molecular formula is C15H21N3. The second-order valence-electron chi connectivity index (χ2n) is 5.99. The van der Waals surface area contributed by atoms with Crippen LogP contribution in [-0.4, -0.2) is 18.0 Å². The van der Waals surface area contributed by atoms with Gasteiger partial charge in [0.05, 0.1) is 12.1 Å². The third kappa shape index (κ3) is 1.98. The summed E-state index contributed by atoms with van der Waals surface area (Å²) in [4.78, 5) is 6.71. The first-order valence-electron chi connectivity index (χ1n) is 6.75. The highest BCUT2D eigenvalue weighted by atomic mass is 15.4. The topological polar surface area (TPSA) is 41.6 Å². The highest BCUT2D eigenvalue weighted by molar-refractivity contribution is 5.98. The van der Waals surface area contributed by atoms with E-state index in [1.165, 1.54) is 30.5 Å². The van der Waals surface area contributed by atoms with E-state index in [0.29, 0.717) is 5.96 Å². The molecule has 1 fully saturated rings. The van der Waals surface area contributed by atoms with Crippen molar-refractivity contribution in [1.82, 2.24) is 0 Å². The van der Waals surface area contributed by atoms with Crippen molar-refractivity contribution in [2.75, 3.05) is 11.4 Å². The maximum Gasteiger partial charge on any atom is 0.196 e. The van der Waals surface area contributed by atoms with Gasteiger partial charge in [-0.1, -0.05) is 25.0 Å². The molecule has 3 nitrogen and oxygen atoms in total. The van der Waals surface area contributed by atoms with Crippen LogP contribution in [0.15, 0.2) is 29.3 Å². The molecule has 1 heterocycles. The van der Waals surface area contributed by atoms with Crippen molar-refractivity contribution in [1.29, 1.82) is 0 Å². The van der Waals surface area contributed by atoms with Gasteiger partial charge in [-0.3, -0.25) is 4.99 Å². The molecule has 0 bridgehead atoms. The van der Waals surface area contributed by atoms with Crippen LogP contribution in [0, 0.1) is 12.8 Å². The zero-order chi connectivity index (χ0) is 12.8. The second-order valence-corrected chi connectivity index (χ2v) is 5.99. The van der Waals surface area contributed by atoms with Crippen LogP contribution in [-0.2, 0) is 0 Å². The number of aliphatic imine (C=N–C) groups is 1. The number of hydrogen-bond acceptors (Lipinski definition) is 3. The Kier molecular flexibility index (Phi) is 2.58. The number of guanidine groups is 1. The Labute approximate surface area is 109 Å². The lowest BCUT2D eigenvalue weighted by molar-refractivity contribution is 0.435. The summed E-state index contributed by atoms with van der Waals surface area (Å²) in [6, 6.07) is 8.53. The number of nitrogens with two attached hydrogens (primary N) is 1. The van der Waals surface area contributed by atoms with Crippen LogP contribution in [0.3, 0.4) is 0 Å². The molecule has 1 aromatic rings. The Hall–Kier alpha value is -1.51. The molecule has 3 rings (SSSR count). The summed E-state index contributed by atoms with van der Waals surface area (Å²) in [5.41, 5.74) is 8.62. The summed E-state index contributed by atoms with van der Waals surface area (Å²) < 4.78 is 0. The molecule has 0 amide bonds. The van der Waals surface area contributed by atoms with Crippen LogP contribution < -0.4 is 10.6 Å². The van der Waals surface area contributed by atoms with Gasteiger partial charge in [-0.25, -0.2) is 0 Å². The van der Waals surface area contributed by atoms with Crippen LogP contribution in [0.4, 0.5) is 5.69 Å². The predicted octanol–water partition coefficient (Wildman–Crippen LogP) is 2.69. The van der Waals surface area contributed by atoms with Gasteiger partial charge in [0.2, 0.25) is 0 Å². The molecule has 2 N–H and O–H groups in total. The third-order valence-corrected chi connectivity index (χ3v) is 4.04. The molecule has 1 unspecified atom stereocenters. The fourth-order valence-corrected chi connectivity index (χ4v) is 2.98. The fourth-order valence-electron chi connectivity index (χ4n) is 2.98. The Morgan fingerprint density at radius 1 is 1.44 bits per heavy atom. The number of rotatable bonds is 3. The molecule has 1 aliphatic heterocycles. The average Bonchev–Trinajstić information content (AvgIpc) is 3.05. The molecule has 2 aliphatic rings. The van der Waals surface area contributed by atoms with Crippen LogP contribution in [0.2, 0.25) is 0 Å². The van der Waals surface area contributed by atoms with E-state index < -0.39 is 0 Å². The molecule has 0 aromatic heterocycles. The molecule has 18 heavy (non-hydrogen) atoms. The van der Waals surface area contributed by atoms with Gasteiger partial charge < -0.3 is 10.6 Å². The highest BCUT2D eigenvalue weighted by Crippen LogP contribution is 2.42. The fraction of sp³-hybridized carbons (Fsp3) is 0.533. The van der Waals surface area contributed by atoms with Crippen molar-refractivity contribution in [3.8, 4) is 0 Å². The standard InChI is InChI=1S/C15H21N3/c1-11-4-3-5-13(8-11)18-14(16)17-10-15(18,2)9-12-6-7-12/h3-5,8,12H,6-7,9-10H2,1-2H3,(H2,16,17). The van der Waals surface area contributed by atoms with Gasteiger partial charge in [0.1, 0.15) is 0 Å². The van der Waals surface area contributed by atoms with Gasteiger partial charge in [-0.2, -0.15) is 0 Å². The molecule has 0 radical (unpaired) electrons. The van der Waals surface area contributed by atoms with Crippen molar-refractivity contribution in [2.24, 2.45) is 16.6 Å². The molecule has 0 spiro atoms. The maximum absolute atomic E-state index is 6.11. The summed E-state index contributed by atoms with van der Waals surface area (Å²) in [6.07, 6.45) is 3.94. The number of aryl methyl sites for hydroxylation is 1. The SMILES string of the molecule is Cc1cccc(N2C(N)=NCC2(C)CC2CC2)c1. The third-order valence-electron chi connectivity index (χ3n) is 4.04. The number of nitrogens with zero attached hydrogens (tertiary/aromatic N) is 2. The first-order valence-corrected chi connectivity index (χ1v) is 6.75. The Morgan fingerprint density at radius 3 is 2.89 bits per heavy atom. The molecule has 3 heteroatoms. The summed E-state index contributed by atoms with van der Waals surface area (Å²) in [6.45, 7) is 5.23. The minimum atomic E-state index is 0.0685. The normalized spacial score (nSPS) is 27.4. The average molecular weight is 243 g/mol. The van der Waals surface area contributed by atoms with Gasteiger partial charge in [-0.05, 0) is 43.9 Å². The van der Waals surface area contributed by atoms with Crippen molar-refractivity contribution >= 4 is 11.6 Å². The van der Waals surface area contributed by atoms with E-state index in [4.69, 9.17) is 5.73 Å². The van der Waals surface area contributed by atoms with E-state index in [9.17, 15) is 0 Å². The van der Waals surface area contributed by atoms with E-state index >= 15 is 0 Å². The quantitative estimate of drug-likeness (QED) is 0.886. The van der Waals surface area contributed by atoms with E-state index in [1.54, 1.807) is 0 Å². The van der Waals surface area contributed by atoms with Crippen molar-refractivity contribution in [3.05, 3.63) is 29.8 Å².